The summed E-state index contributed by atoms with van der Waals surface area (Å²) in [4.78, 5) is 0. The SMILES string of the molecule is CCc1cc(COc2c(N)cccc2F)n(CC)n1. The van der Waals surface area contributed by atoms with Crippen LogP contribution in [0.25, 0.3) is 0 Å². The Morgan fingerprint density at radius 1 is 1.37 bits per heavy atom. The van der Waals surface area contributed by atoms with Crippen LogP contribution < -0.4 is 10.5 Å². The van der Waals surface area contributed by atoms with E-state index in [1.807, 2.05) is 24.6 Å². The third kappa shape index (κ3) is 2.86. The summed E-state index contributed by atoms with van der Waals surface area (Å²) in [5.74, 6) is -0.345. The summed E-state index contributed by atoms with van der Waals surface area (Å²) in [6.45, 7) is 5.06. The molecule has 1 aromatic carbocycles. The predicted molar refractivity (Wildman–Crippen MR) is 72.4 cm³/mol. The second-order valence-corrected chi connectivity index (χ2v) is 4.24. The van der Waals surface area contributed by atoms with Crippen molar-refractivity contribution >= 4 is 5.69 Å². The number of hydrogen-bond acceptors (Lipinski definition) is 3. The molecular weight excluding hydrogens is 245 g/mol. The minimum atomic E-state index is -0.446. The summed E-state index contributed by atoms with van der Waals surface area (Å²) in [7, 11) is 0. The number of anilines is 1. The summed E-state index contributed by atoms with van der Waals surface area (Å²) in [5.41, 5.74) is 7.92. The molecule has 0 radical (unpaired) electrons. The average molecular weight is 263 g/mol. The summed E-state index contributed by atoms with van der Waals surface area (Å²) >= 11 is 0. The second-order valence-electron chi connectivity index (χ2n) is 4.24. The average Bonchev–Trinajstić information content (AvgIpc) is 2.80. The van der Waals surface area contributed by atoms with Crippen LogP contribution in [0, 0.1) is 5.82 Å². The number of hydrogen-bond donors (Lipinski definition) is 1. The van der Waals surface area contributed by atoms with E-state index in [0.29, 0.717) is 5.69 Å². The molecule has 1 heterocycles. The van der Waals surface area contributed by atoms with Gasteiger partial charge in [0.15, 0.2) is 11.6 Å². The van der Waals surface area contributed by atoms with Crippen molar-refractivity contribution in [3.8, 4) is 5.75 Å². The quantitative estimate of drug-likeness (QED) is 0.844. The fourth-order valence-electron chi connectivity index (χ4n) is 1.90. The molecule has 5 heteroatoms. The molecule has 0 spiro atoms. The highest BCUT2D eigenvalue weighted by molar-refractivity contribution is 5.52. The van der Waals surface area contributed by atoms with E-state index in [2.05, 4.69) is 5.10 Å². The number of aryl methyl sites for hydroxylation is 2. The minimum Gasteiger partial charge on any atom is -0.482 e. The highest BCUT2D eigenvalue weighted by atomic mass is 19.1. The molecule has 1 aromatic heterocycles. The molecule has 0 saturated heterocycles. The molecule has 0 aliphatic carbocycles. The monoisotopic (exact) mass is 263 g/mol. The van der Waals surface area contributed by atoms with Gasteiger partial charge in [0.05, 0.1) is 17.1 Å². The molecule has 2 aromatic rings. The van der Waals surface area contributed by atoms with E-state index in [-0.39, 0.29) is 12.4 Å². The maximum absolute atomic E-state index is 13.6. The van der Waals surface area contributed by atoms with E-state index in [1.165, 1.54) is 6.07 Å². The first kappa shape index (κ1) is 13.4. The first-order valence-electron chi connectivity index (χ1n) is 6.38. The maximum Gasteiger partial charge on any atom is 0.178 e. The number of halogens is 1. The zero-order chi connectivity index (χ0) is 13.8. The molecule has 0 unspecified atom stereocenters. The minimum absolute atomic E-state index is 0.101. The van der Waals surface area contributed by atoms with Gasteiger partial charge in [-0.05, 0) is 31.5 Å². The lowest BCUT2D eigenvalue weighted by atomic mass is 10.3. The first-order chi connectivity index (χ1) is 9.15. The molecule has 4 nitrogen and oxygen atoms in total. The maximum atomic E-state index is 13.6. The first-order valence-corrected chi connectivity index (χ1v) is 6.38. The van der Waals surface area contributed by atoms with Gasteiger partial charge in [0, 0.05) is 6.54 Å². The van der Waals surface area contributed by atoms with Crippen molar-refractivity contribution in [2.75, 3.05) is 5.73 Å². The van der Waals surface area contributed by atoms with Crippen molar-refractivity contribution in [2.45, 2.75) is 33.4 Å². The van der Waals surface area contributed by atoms with Crippen LogP contribution in [-0.4, -0.2) is 9.78 Å². The van der Waals surface area contributed by atoms with Gasteiger partial charge in [-0.3, -0.25) is 4.68 Å². The van der Waals surface area contributed by atoms with Gasteiger partial charge in [-0.25, -0.2) is 4.39 Å². The Hall–Kier alpha value is -2.04. The third-order valence-corrected chi connectivity index (χ3v) is 2.94. The fraction of sp³-hybridized carbons (Fsp3) is 0.357. The summed E-state index contributed by atoms with van der Waals surface area (Å²) in [6, 6.07) is 6.48. The van der Waals surface area contributed by atoms with Gasteiger partial charge in [0.25, 0.3) is 0 Å². The van der Waals surface area contributed by atoms with E-state index in [1.54, 1.807) is 12.1 Å². The van der Waals surface area contributed by atoms with E-state index in [4.69, 9.17) is 10.5 Å². The standard InChI is InChI=1S/C14H18FN3O/c1-3-10-8-11(18(4-2)17-10)9-19-14-12(15)6-5-7-13(14)16/h5-8H,3-4,9,16H2,1-2H3. The number of ether oxygens (including phenoxy) is 1. The number of rotatable bonds is 5. The molecule has 2 rings (SSSR count). The molecule has 0 amide bonds. The van der Waals surface area contributed by atoms with Gasteiger partial charge >= 0.3 is 0 Å². The molecular formula is C14H18FN3O. The molecule has 0 atom stereocenters. The summed E-state index contributed by atoms with van der Waals surface area (Å²) < 4.78 is 20.9. The normalized spacial score (nSPS) is 10.7. The Balaban J connectivity index is 2.16. The molecule has 102 valence electrons. The smallest absolute Gasteiger partial charge is 0.178 e. The van der Waals surface area contributed by atoms with Crippen LogP contribution >= 0.6 is 0 Å². The van der Waals surface area contributed by atoms with Crippen LogP contribution in [0.1, 0.15) is 25.2 Å². The topological polar surface area (TPSA) is 53.1 Å². The molecule has 2 N–H and O–H groups in total. The highest BCUT2D eigenvalue weighted by Gasteiger charge is 2.10. The van der Waals surface area contributed by atoms with Crippen LogP contribution in [0.4, 0.5) is 10.1 Å². The molecule has 0 aliphatic heterocycles. The van der Waals surface area contributed by atoms with Gasteiger partial charge in [-0.15, -0.1) is 0 Å². The lowest BCUT2D eigenvalue weighted by molar-refractivity contribution is 0.280. The van der Waals surface area contributed by atoms with Crippen LogP contribution in [0.3, 0.4) is 0 Å². The van der Waals surface area contributed by atoms with Crippen molar-refractivity contribution in [1.82, 2.24) is 9.78 Å². The predicted octanol–water partition coefficient (Wildman–Crippen LogP) is 2.77. The molecule has 0 bridgehead atoms. The van der Waals surface area contributed by atoms with E-state index in [9.17, 15) is 4.39 Å². The van der Waals surface area contributed by atoms with Crippen molar-refractivity contribution in [3.05, 3.63) is 41.5 Å². The Labute approximate surface area is 112 Å². The van der Waals surface area contributed by atoms with Crippen molar-refractivity contribution < 1.29 is 9.13 Å². The van der Waals surface area contributed by atoms with Crippen molar-refractivity contribution in [3.63, 3.8) is 0 Å². The Morgan fingerprint density at radius 2 is 2.16 bits per heavy atom. The van der Waals surface area contributed by atoms with Gasteiger partial charge in [0.2, 0.25) is 0 Å². The van der Waals surface area contributed by atoms with Gasteiger partial charge in [-0.1, -0.05) is 13.0 Å². The lowest BCUT2D eigenvalue weighted by Gasteiger charge is -2.10. The van der Waals surface area contributed by atoms with E-state index >= 15 is 0 Å². The van der Waals surface area contributed by atoms with Gasteiger partial charge < -0.3 is 10.5 Å². The molecule has 0 fully saturated rings. The number of para-hydroxylation sites is 1. The Morgan fingerprint density at radius 3 is 2.79 bits per heavy atom. The van der Waals surface area contributed by atoms with Crippen LogP contribution in [0.2, 0.25) is 0 Å². The molecule has 19 heavy (non-hydrogen) atoms. The van der Waals surface area contributed by atoms with E-state index in [0.717, 1.165) is 24.4 Å². The summed E-state index contributed by atoms with van der Waals surface area (Å²) in [5, 5.41) is 4.42. The van der Waals surface area contributed by atoms with Gasteiger partial charge in [0.1, 0.15) is 6.61 Å². The Bertz CT molecular complexity index is 546. The zero-order valence-electron chi connectivity index (χ0n) is 11.2. The zero-order valence-corrected chi connectivity index (χ0v) is 11.2. The van der Waals surface area contributed by atoms with E-state index < -0.39 is 5.82 Å². The lowest BCUT2D eigenvalue weighted by Crippen LogP contribution is -2.07. The number of nitrogens with two attached hydrogens (primary N) is 1. The number of aromatic nitrogens is 2. The van der Waals surface area contributed by atoms with Crippen molar-refractivity contribution in [2.24, 2.45) is 0 Å². The van der Waals surface area contributed by atoms with Crippen LogP contribution in [-0.2, 0) is 19.6 Å². The summed E-state index contributed by atoms with van der Waals surface area (Å²) in [6.07, 6.45) is 0.863. The van der Waals surface area contributed by atoms with Crippen LogP contribution in [0.15, 0.2) is 24.3 Å². The second kappa shape index (κ2) is 5.73. The number of nitrogen functional groups attached to an aromatic ring is 1. The van der Waals surface area contributed by atoms with Crippen LogP contribution in [0.5, 0.6) is 5.75 Å². The third-order valence-electron chi connectivity index (χ3n) is 2.94. The Kier molecular flexibility index (Phi) is 4.04. The molecule has 0 aliphatic rings. The highest BCUT2D eigenvalue weighted by Crippen LogP contribution is 2.25. The molecule has 0 saturated carbocycles. The fourth-order valence-corrected chi connectivity index (χ4v) is 1.90. The number of benzene rings is 1. The number of nitrogens with zero attached hydrogens (tertiary/aromatic N) is 2. The van der Waals surface area contributed by atoms with Crippen molar-refractivity contribution in [1.29, 1.82) is 0 Å². The largest absolute Gasteiger partial charge is 0.482 e. The van der Waals surface area contributed by atoms with Gasteiger partial charge in [-0.2, -0.15) is 5.10 Å².